The van der Waals surface area contributed by atoms with Crippen LogP contribution in [-0.2, 0) is 27.4 Å². The minimum atomic E-state index is -3.32. The molecule has 2 saturated carbocycles. The summed E-state index contributed by atoms with van der Waals surface area (Å²) in [5.74, 6) is -1.76. The monoisotopic (exact) mass is 560 g/mol. The minimum absolute atomic E-state index is 0.787. The maximum atomic E-state index is 6.37. The van der Waals surface area contributed by atoms with Gasteiger partial charge in [-0.25, -0.2) is 0 Å². The van der Waals surface area contributed by atoms with Crippen LogP contribution in [-0.4, -0.2) is 25.5 Å². The van der Waals surface area contributed by atoms with Crippen molar-refractivity contribution < 1.29 is 27.4 Å². The first-order valence-corrected chi connectivity index (χ1v) is 19.9. The van der Waals surface area contributed by atoms with E-state index in [1.807, 2.05) is 0 Å². The molecular formula is C28H54GeO6. The van der Waals surface area contributed by atoms with Crippen molar-refractivity contribution in [2.24, 2.45) is 0 Å². The SMILES string of the molecule is C[CH2][Ge]1([CH2]C)[O]OC2(CCCCCCCCCCC2)OOC2(CCCCCCCCCCC2)O[O]1. The molecular weight excluding hydrogens is 505 g/mol. The Hall–Kier alpha value is 0.303. The van der Waals surface area contributed by atoms with Crippen LogP contribution >= 0.6 is 0 Å². The molecule has 1 aliphatic heterocycles. The molecule has 206 valence electrons. The molecule has 35 heavy (non-hydrogen) atoms. The van der Waals surface area contributed by atoms with E-state index in [1.165, 1.54) is 89.9 Å². The number of hydrogen-bond acceptors (Lipinski definition) is 6. The summed E-state index contributed by atoms with van der Waals surface area (Å²) < 4.78 is 12.5. The second kappa shape index (κ2) is 16.3. The van der Waals surface area contributed by atoms with Gasteiger partial charge in [0, 0.05) is 0 Å². The standard InChI is InChI=1S/C28H54GeO6/c1-3-29(4-2)34-32-27(23-19-15-11-7-5-8-12-16-20-24-27)30-31-28(33-35-29)25-21-17-13-9-6-10-14-18-22-26-28/h3-26H2,1-2H3. The molecule has 6 nitrogen and oxygen atoms in total. The summed E-state index contributed by atoms with van der Waals surface area (Å²) in [7, 11) is 0. The van der Waals surface area contributed by atoms with Gasteiger partial charge < -0.3 is 0 Å². The summed E-state index contributed by atoms with van der Waals surface area (Å²) in [6, 6.07) is 0. The Labute approximate surface area is 218 Å². The third-order valence-electron chi connectivity index (χ3n) is 8.34. The molecule has 0 unspecified atom stereocenters. The van der Waals surface area contributed by atoms with Gasteiger partial charge in [0.05, 0.1) is 0 Å². The molecule has 0 aromatic heterocycles. The van der Waals surface area contributed by atoms with Crippen molar-refractivity contribution in [3.05, 3.63) is 0 Å². The van der Waals surface area contributed by atoms with Crippen LogP contribution in [0, 0.1) is 0 Å². The van der Waals surface area contributed by atoms with Crippen molar-refractivity contribution in [3.8, 4) is 0 Å². The van der Waals surface area contributed by atoms with E-state index in [0.717, 1.165) is 61.9 Å². The van der Waals surface area contributed by atoms with Crippen molar-refractivity contribution in [2.75, 3.05) is 0 Å². The van der Waals surface area contributed by atoms with E-state index in [2.05, 4.69) is 13.8 Å². The molecule has 3 fully saturated rings. The van der Waals surface area contributed by atoms with Crippen LogP contribution < -0.4 is 0 Å². The van der Waals surface area contributed by atoms with E-state index in [9.17, 15) is 0 Å². The quantitative estimate of drug-likeness (QED) is 0.248. The van der Waals surface area contributed by atoms with Crippen LogP contribution in [0.3, 0.4) is 0 Å². The molecule has 0 N–H and O–H groups in total. The number of hydrogen-bond donors (Lipinski definition) is 0. The summed E-state index contributed by atoms with van der Waals surface area (Å²) in [6.07, 6.45) is 25.3. The van der Waals surface area contributed by atoms with Crippen LogP contribution in [0.2, 0.25) is 10.5 Å². The molecule has 0 atom stereocenters. The zero-order chi connectivity index (χ0) is 24.7. The van der Waals surface area contributed by atoms with E-state index >= 15 is 0 Å². The Bertz CT molecular complexity index is 488. The summed E-state index contributed by atoms with van der Waals surface area (Å²) in [4.78, 5) is 25.3. The third kappa shape index (κ3) is 10.2. The predicted octanol–water partition coefficient (Wildman–Crippen LogP) is 9.33. The van der Waals surface area contributed by atoms with Crippen LogP contribution in [0.1, 0.15) is 155 Å². The molecule has 0 radical (unpaired) electrons. The molecule has 2 spiro atoms. The zero-order valence-electron chi connectivity index (χ0n) is 22.9. The molecule has 1 heterocycles. The summed E-state index contributed by atoms with van der Waals surface area (Å²) in [5.41, 5.74) is 0. The molecule has 0 aromatic carbocycles. The van der Waals surface area contributed by atoms with Gasteiger partial charge in [0.2, 0.25) is 0 Å². The first-order valence-electron chi connectivity index (χ1n) is 15.3. The summed E-state index contributed by atoms with van der Waals surface area (Å²) >= 11 is -3.32. The van der Waals surface area contributed by atoms with E-state index in [4.69, 9.17) is 27.4 Å². The Morgan fingerprint density at radius 2 is 0.657 bits per heavy atom. The zero-order valence-corrected chi connectivity index (χ0v) is 25.0. The van der Waals surface area contributed by atoms with Gasteiger partial charge in [-0.2, -0.15) is 0 Å². The van der Waals surface area contributed by atoms with Crippen molar-refractivity contribution in [2.45, 2.75) is 177 Å². The Kier molecular flexibility index (Phi) is 13.9. The first-order chi connectivity index (χ1) is 17.2. The Morgan fingerprint density at radius 3 is 0.914 bits per heavy atom. The maximum absolute atomic E-state index is 6.37. The van der Waals surface area contributed by atoms with Gasteiger partial charge in [0.15, 0.2) is 0 Å². The fourth-order valence-electron chi connectivity index (χ4n) is 5.62. The van der Waals surface area contributed by atoms with Crippen molar-refractivity contribution >= 4 is 13.9 Å². The van der Waals surface area contributed by atoms with Gasteiger partial charge in [-0.15, -0.1) is 0 Å². The average molecular weight is 559 g/mol. The van der Waals surface area contributed by atoms with Crippen LogP contribution in [0.15, 0.2) is 0 Å². The predicted molar refractivity (Wildman–Crippen MR) is 140 cm³/mol. The summed E-state index contributed by atoms with van der Waals surface area (Å²) in [5, 5.41) is 1.62. The topological polar surface area (TPSA) is 55.4 Å². The average Bonchev–Trinajstić information content (AvgIpc) is 2.92. The fourth-order valence-corrected chi connectivity index (χ4v) is 8.99. The number of rotatable bonds is 2. The molecule has 3 aliphatic rings. The van der Waals surface area contributed by atoms with E-state index in [1.54, 1.807) is 0 Å². The van der Waals surface area contributed by atoms with Crippen LogP contribution in [0.25, 0.3) is 0 Å². The van der Waals surface area contributed by atoms with Crippen molar-refractivity contribution in [1.82, 2.24) is 0 Å². The Morgan fingerprint density at radius 1 is 0.400 bits per heavy atom. The van der Waals surface area contributed by atoms with Crippen LogP contribution in [0.4, 0.5) is 0 Å². The van der Waals surface area contributed by atoms with Gasteiger partial charge in [-0.1, -0.05) is 0 Å². The van der Waals surface area contributed by atoms with E-state index in [0.29, 0.717) is 0 Å². The van der Waals surface area contributed by atoms with Gasteiger partial charge in [-0.05, 0) is 0 Å². The second-order valence-corrected chi connectivity index (χ2v) is 18.8. The first kappa shape index (κ1) is 29.9. The molecule has 0 amide bonds. The van der Waals surface area contributed by atoms with Gasteiger partial charge in [-0.3, -0.25) is 0 Å². The van der Waals surface area contributed by atoms with E-state index in [-0.39, 0.29) is 0 Å². The molecule has 3 rings (SSSR count). The van der Waals surface area contributed by atoms with Crippen molar-refractivity contribution in [1.29, 1.82) is 0 Å². The van der Waals surface area contributed by atoms with Crippen molar-refractivity contribution in [3.63, 3.8) is 0 Å². The molecule has 0 bridgehead atoms. The van der Waals surface area contributed by atoms with Crippen LogP contribution in [0.5, 0.6) is 0 Å². The molecule has 1 saturated heterocycles. The van der Waals surface area contributed by atoms with Gasteiger partial charge in [0.1, 0.15) is 0 Å². The molecule has 2 aliphatic carbocycles. The molecule has 7 heteroatoms. The van der Waals surface area contributed by atoms with E-state index < -0.39 is 25.5 Å². The second-order valence-electron chi connectivity index (χ2n) is 11.3. The van der Waals surface area contributed by atoms with Gasteiger partial charge >= 0.3 is 219 Å². The summed E-state index contributed by atoms with van der Waals surface area (Å²) in [6.45, 7) is 4.27. The molecule has 0 aromatic rings. The van der Waals surface area contributed by atoms with Gasteiger partial charge in [0.25, 0.3) is 0 Å². The third-order valence-corrected chi connectivity index (χ3v) is 14.5. The normalized spacial score (nSPS) is 28.3. The Balaban J connectivity index is 1.81. The fraction of sp³-hybridized carbons (Fsp3) is 1.00.